The first-order valence-corrected chi connectivity index (χ1v) is 10.9. The molecule has 2 saturated carbocycles. The van der Waals surface area contributed by atoms with E-state index in [0.29, 0.717) is 29.0 Å². The molecule has 0 radical (unpaired) electrons. The van der Waals surface area contributed by atoms with Gasteiger partial charge in [-0.2, -0.15) is 0 Å². The van der Waals surface area contributed by atoms with Gasteiger partial charge in [0.25, 0.3) is 0 Å². The summed E-state index contributed by atoms with van der Waals surface area (Å²) in [5.74, 6) is 2.01. The zero-order valence-electron chi connectivity index (χ0n) is 15.9. The van der Waals surface area contributed by atoms with Crippen LogP contribution in [-0.4, -0.2) is 24.5 Å². The lowest BCUT2D eigenvalue weighted by Crippen LogP contribution is -2.36. The molecule has 0 spiro atoms. The van der Waals surface area contributed by atoms with Gasteiger partial charge in [0.1, 0.15) is 5.82 Å². The lowest BCUT2D eigenvalue weighted by atomic mass is 9.81. The first-order chi connectivity index (χ1) is 12.7. The SMILES string of the molecule is NCC1CCC(CN(Cc2c(F)cccc2Cl)CC2CCCCC2)CC1. The van der Waals surface area contributed by atoms with Crippen LogP contribution in [0.25, 0.3) is 0 Å². The summed E-state index contributed by atoms with van der Waals surface area (Å²) < 4.78 is 14.3. The maximum Gasteiger partial charge on any atom is 0.129 e. The Bertz CT molecular complexity index is 531. The van der Waals surface area contributed by atoms with Gasteiger partial charge in [-0.25, -0.2) is 4.39 Å². The monoisotopic (exact) mass is 380 g/mol. The summed E-state index contributed by atoms with van der Waals surface area (Å²) in [7, 11) is 0. The Hall–Kier alpha value is -0.640. The molecule has 3 rings (SSSR count). The first-order valence-electron chi connectivity index (χ1n) is 10.5. The average molecular weight is 381 g/mol. The van der Waals surface area contributed by atoms with Crippen molar-refractivity contribution in [3.05, 3.63) is 34.6 Å². The highest BCUT2D eigenvalue weighted by Crippen LogP contribution is 2.31. The molecule has 0 saturated heterocycles. The van der Waals surface area contributed by atoms with E-state index in [1.807, 2.05) is 6.07 Å². The number of hydrogen-bond donors (Lipinski definition) is 1. The molecular weight excluding hydrogens is 347 g/mol. The number of rotatable bonds is 7. The molecule has 0 bridgehead atoms. The van der Waals surface area contributed by atoms with Crippen LogP contribution in [0.1, 0.15) is 63.4 Å². The molecule has 0 atom stereocenters. The Morgan fingerprint density at radius 2 is 1.54 bits per heavy atom. The van der Waals surface area contributed by atoms with Crippen molar-refractivity contribution in [2.24, 2.45) is 23.5 Å². The summed E-state index contributed by atoms with van der Waals surface area (Å²) in [5, 5.41) is 0.561. The predicted molar refractivity (Wildman–Crippen MR) is 108 cm³/mol. The highest BCUT2D eigenvalue weighted by atomic mass is 35.5. The van der Waals surface area contributed by atoms with Crippen molar-refractivity contribution in [3.63, 3.8) is 0 Å². The van der Waals surface area contributed by atoms with Crippen LogP contribution in [0.15, 0.2) is 18.2 Å². The second-order valence-corrected chi connectivity index (χ2v) is 8.93. The minimum absolute atomic E-state index is 0.169. The fourth-order valence-corrected chi connectivity index (χ4v) is 5.08. The first kappa shape index (κ1) is 20.1. The van der Waals surface area contributed by atoms with Gasteiger partial charge in [-0.1, -0.05) is 36.9 Å². The predicted octanol–water partition coefficient (Wildman–Crippen LogP) is 5.63. The van der Waals surface area contributed by atoms with E-state index in [0.717, 1.165) is 25.6 Å². The molecule has 0 aliphatic heterocycles. The normalized spacial score (nSPS) is 24.9. The summed E-state index contributed by atoms with van der Waals surface area (Å²) in [6.45, 7) is 3.61. The fraction of sp³-hybridized carbons (Fsp3) is 0.727. The van der Waals surface area contributed by atoms with E-state index in [-0.39, 0.29) is 5.82 Å². The molecule has 0 amide bonds. The van der Waals surface area contributed by atoms with E-state index in [1.54, 1.807) is 6.07 Å². The Kier molecular flexibility index (Phi) is 7.77. The van der Waals surface area contributed by atoms with E-state index in [9.17, 15) is 4.39 Å². The number of nitrogens with zero attached hydrogens (tertiary/aromatic N) is 1. The zero-order chi connectivity index (χ0) is 18.4. The van der Waals surface area contributed by atoms with Crippen LogP contribution in [0.3, 0.4) is 0 Å². The molecule has 2 N–H and O–H groups in total. The zero-order valence-corrected chi connectivity index (χ0v) is 16.7. The van der Waals surface area contributed by atoms with Crippen LogP contribution in [0.2, 0.25) is 5.02 Å². The molecule has 0 unspecified atom stereocenters. The van der Waals surface area contributed by atoms with Crippen molar-refractivity contribution in [1.82, 2.24) is 4.90 Å². The lowest BCUT2D eigenvalue weighted by Gasteiger charge is -2.35. The topological polar surface area (TPSA) is 29.3 Å². The molecule has 26 heavy (non-hydrogen) atoms. The van der Waals surface area contributed by atoms with Gasteiger partial charge < -0.3 is 5.73 Å². The van der Waals surface area contributed by atoms with E-state index in [4.69, 9.17) is 17.3 Å². The van der Waals surface area contributed by atoms with Gasteiger partial charge in [-0.15, -0.1) is 0 Å². The summed E-state index contributed by atoms with van der Waals surface area (Å²) >= 11 is 6.32. The van der Waals surface area contributed by atoms with Crippen molar-refractivity contribution in [2.45, 2.75) is 64.3 Å². The molecule has 1 aromatic rings. The standard InChI is InChI=1S/C22H34ClFN2/c23-21-7-4-8-22(24)20(21)16-26(14-18-5-2-1-3-6-18)15-19-11-9-17(13-25)10-12-19/h4,7-8,17-19H,1-3,5-6,9-16,25H2. The highest BCUT2D eigenvalue weighted by Gasteiger charge is 2.25. The molecule has 2 fully saturated rings. The average Bonchev–Trinajstić information content (AvgIpc) is 2.66. The van der Waals surface area contributed by atoms with Crippen LogP contribution in [-0.2, 0) is 6.54 Å². The highest BCUT2D eigenvalue weighted by molar-refractivity contribution is 6.31. The molecular formula is C22H34ClFN2. The lowest BCUT2D eigenvalue weighted by molar-refractivity contribution is 0.142. The Morgan fingerprint density at radius 3 is 2.15 bits per heavy atom. The van der Waals surface area contributed by atoms with Gasteiger partial charge in [-0.05, 0) is 75.0 Å². The van der Waals surface area contributed by atoms with Gasteiger partial charge >= 0.3 is 0 Å². The van der Waals surface area contributed by atoms with Crippen molar-refractivity contribution < 1.29 is 4.39 Å². The fourth-order valence-electron chi connectivity index (χ4n) is 4.86. The van der Waals surface area contributed by atoms with Crippen LogP contribution in [0.4, 0.5) is 4.39 Å². The smallest absolute Gasteiger partial charge is 0.129 e. The minimum Gasteiger partial charge on any atom is -0.330 e. The number of nitrogens with two attached hydrogens (primary N) is 1. The van der Waals surface area contributed by atoms with Crippen LogP contribution >= 0.6 is 11.6 Å². The second-order valence-electron chi connectivity index (χ2n) is 8.52. The van der Waals surface area contributed by atoms with Crippen LogP contribution in [0.5, 0.6) is 0 Å². The number of hydrogen-bond acceptors (Lipinski definition) is 2. The van der Waals surface area contributed by atoms with Crippen LogP contribution in [0, 0.1) is 23.6 Å². The number of halogens is 2. The maximum absolute atomic E-state index is 14.3. The van der Waals surface area contributed by atoms with E-state index in [1.165, 1.54) is 63.9 Å². The largest absolute Gasteiger partial charge is 0.330 e. The molecule has 0 heterocycles. The Labute approximate surface area is 163 Å². The van der Waals surface area contributed by atoms with Gasteiger partial charge in [-0.3, -0.25) is 4.90 Å². The quantitative estimate of drug-likeness (QED) is 0.664. The van der Waals surface area contributed by atoms with Crippen LogP contribution < -0.4 is 5.73 Å². The molecule has 1 aromatic carbocycles. The molecule has 2 aliphatic rings. The maximum atomic E-state index is 14.3. The van der Waals surface area contributed by atoms with Gasteiger partial charge in [0.2, 0.25) is 0 Å². The van der Waals surface area contributed by atoms with Gasteiger partial charge in [0.15, 0.2) is 0 Å². The Balaban J connectivity index is 1.65. The molecule has 0 aromatic heterocycles. The Morgan fingerprint density at radius 1 is 0.923 bits per heavy atom. The van der Waals surface area contributed by atoms with Crippen molar-refractivity contribution in [1.29, 1.82) is 0 Å². The molecule has 146 valence electrons. The molecule has 2 aliphatic carbocycles. The number of benzene rings is 1. The third-order valence-electron chi connectivity index (χ3n) is 6.50. The summed E-state index contributed by atoms with van der Waals surface area (Å²) in [6, 6.07) is 5.04. The van der Waals surface area contributed by atoms with E-state index < -0.39 is 0 Å². The van der Waals surface area contributed by atoms with Gasteiger partial charge in [0, 0.05) is 30.2 Å². The van der Waals surface area contributed by atoms with Gasteiger partial charge in [0.05, 0.1) is 0 Å². The van der Waals surface area contributed by atoms with E-state index >= 15 is 0 Å². The molecule has 2 nitrogen and oxygen atoms in total. The molecule has 4 heteroatoms. The minimum atomic E-state index is -0.169. The summed E-state index contributed by atoms with van der Waals surface area (Å²) in [4.78, 5) is 2.49. The third-order valence-corrected chi connectivity index (χ3v) is 6.85. The van der Waals surface area contributed by atoms with Crippen molar-refractivity contribution in [2.75, 3.05) is 19.6 Å². The summed E-state index contributed by atoms with van der Waals surface area (Å²) in [5.41, 5.74) is 6.51. The van der Waals surface area contributed by atoms with Crippen molar-refractivity contribution >= 4 is 11.6 Å². The van der Waals surface area contributed by atoms with E-state index in [2.05, 4.69) is 4.90 Å². The van der Waals surface area contributed by atoms with Crippen molar-refractivity contribution in [3.8, 4) is 0 Å². The third kappa shape index (κ3) is 5.68. The summed E-state index contributed by atoms with van der Waals surface area (Å²) in [6.07, 6.45) is 11.7. The second kappa shape index (κ2) is 10.1.